The van der Waals surface area contributed by atoms with Gasteiger partial charge >= 0.3 is 0 Å². The number of halogens is 2. The van der Waals surface area contributed by atoms with Crippen LogP contribution in [-0.4, -0.2) is 54.8 Å². The van der Waals surface area contributed by atoms with Gasteiger partial charge < -0.3 is 9.80 Å². The molecule has 2 aliphatic rings. The fourth-order valence-corrected chi connectivity index (χ4v) is 4.51. The predicted octanol–water partition coefficient (Wildman–Crippen LogP) is 3.59. The highest BCUT2D eigenvalue weighted by Gasteiger charge is 2.44. The number of likely N-dealkylation sites (N-methyl/N-ethyl adjacent to an activating group) is 1. The number of rotatable bonds is 3. The molecule has 0 bridgehead atoms. The summed E-state index contributed by atoms with van der Waals surface area (Å²) in [6.07, 6.45) is 0. The van der Waals surface area contributed by atoms with Crippen molar-refractivity contribution in [3.63, 3.8) is 0 Å². The topological polar surface area (TPSA) is 43.9 Å². The van der Waals surface area contributed by atoms with Gasteiger partial charge in [0.1, 0.15) is 5.70 Å². The monoisotopic (exact) mass is 421 g/mol. The van der Waals surface area contributed by atoms with Gasteiger partial charge in [-0.2, -0.15) is 0 Å². The van der Waals surface area contributed by atoms with Gasteiger partial charge in [-0.3, -0.25) is 9.59 Å². The van der Waals surface area contributed by atoms with E-state index < -0.39 is 0 Å². The number of amides is 2. The maximum atomic E-state index is 13.4. The molecule has 0 saturated carbocycles. The molecule has 2 aromatic rings. The standard InChI is InChI=1S/C19H17Cl2N3O2S/c1-22-7-9-23(10-8-22)17-15(14-6-3-11-27-14)18(25)24(19(17)26)13-5-2-4-12(20)16(13)21/h2-6,11H,7-10H2,1H3. The number of carbonyl (C=O) groups excluding carboxylic acids is 2. The van der Waals surface area contributed by atoms with Crippen LogP contribution in [0.2, 0.25) is 10.0 Å². The van der Waals surface area contributed by atoms with Crippen molar-refractivity contribution in [3.8, 4) is 0 Å². The molecule has 8 heteroatoms. The minimum atomic E-state index is -0.361. The molecule has 1 saturated heterocycles. The van der Waals surface area contributed by atoms with Crippen LogP contribution in [0.4, 0.5) is 5.69 Å². The highest BCUT2D eigenvalue weighted by Crippen LogP contribution is 2.40. The van der Waals surface area contributed by atoms with Crippen LogP contribution in [-0.2, 0) is 9.59 Å². The Morgan fingerprint density at radius 3 is 2.37 bits per heavy atom. The van der Waals surface area contributed by atoms with E-state index in [2.05, 4.69) is 4.90 Å². The number of anilines is 1. The number of benzene rings is 1. The van der Waals surface area contributed by atoms with Crippen molar-refractivity contribution < 1.29 is 9.59 Å². The molecule has 1 aromatic heterocycles. The molecular weight excluding hydrogens is 405 g/mol. The van der Waals surface area contributed by atoms with Gasteiger partial charge in [0.25, 0.3) is 11.8 Å². The van der Waals surface area contributed by atoms with Crippen molar-refractivity contribution in [2.45, 2.75) is 0 Å². The van der Waals surface area contributed by atoms with E-state index in [1.807, 2.05) is 29.5 Å². The van der Waals surface area contributed by atoms with Gasteiger partial charge in [0, 0.05) is 31.1 Å². The fourth-order valence-electron chi connectivity index (χ4n) is 3.37. The van der Waals surface area contributed by atoms with E-state index in [0.717, 1.165) is 22.9 Å². The number of imide groups is 1. The van der Waals surface area contributed by atoms with Crippen LogP contribution in [0, 0.1) is 0 Å². The van der Waals surface area contributed by atoms with E-state index in [-0.39, 0.29) is 16.8 Å². The summed E-state index contributed by atoms with van der Waals surface area (Å²) in [5.41, 5.74) is 1.21. The minimum absolute atomic E-state index is 0.200. The Balaban J connectivity index is 1.81. The molecule has 2 aliphatic heterocycles. The maximum Gasteiger partial charge on any atom is 0.282 e. The van der Waals surface area contributed by atoms with Gasteiger partial charge in [0.2, 0.25) is 0 Å². The number of hydrogen-bond donors (Lipinski definition) is 0. The Morgan fingerprint density at radius 1 is 0.963 bits per heavy atom. The zero-order valence-electron chi connectivity index (χ0n) is 14.6. The van der Waals surface area contributed by atoms with Gasteiger partial charge in [-0.05, 0) is 30.6 Å². The average molecular weight is 422 g/mol. The van der Waals surface area contributed by atoms with Gasteiger partial charge in [-0.25, -0.2) is 4.90 Å². The maximum absolute atomic E-state index is 13.4. The van der Waals surface area contributed by atoms with Crippen LogP contribution in [0.3, 0.4) is 0 Å². The summed E-state index contributed by atoms with van der Waals surface area (Å²) in [6.45, 7) is 3.05. The van der Waals surface area contributed by atoms with Crippen molar-refractivity contribution in [2.24, 2.45) is 0 Å². The van der Waals surface area contributed by atoms with Crippen molar-refractivity contribution in [1.29, 1.82) is 0 Å². The molecule has 0 aliphatic carbocycles. The van der Waals surface area contributed by atoms with E-state index in [4.69, 9.17) is 23.2 Å². The summed E-state index contributed by atoms with van der Waals surface area (Å²) in [6, 6.07) is 8.70. The van der Waals surface area contributed by atoms with E-state index in [1.54, 1.807) is 18.2 Å². The van der Waals surface area contributed by atoms with E-state index in [0.29, 0.717) is 35.1 Å². The molecule has 0 spiro atoms. The van der Waals surface area contributed by atoms with Crippen LogP contribution >= 0.6 is 34.5 Å². The number of nitrogens with zero attached hydrogens (tertiary/aromatic N) is 3. The highest BCUT2D eigenvalue weighted by atomic mass is 35.5. The SMILES string of the molecule is CN1CCN(C2=C(c3cccs3)C(=O)N(c3cccc(Cl)c3Cl)C2=O)CC1. The molecule has 0 radical (unpaired) electrons. The van der Waals surface area contributed by atoms with E-state index in [9.17, 15) is 9.59 Å². The molecular formula is C19H17Cl2N3O2S. The van der Waals surface area contributed by atoms with Gasteiger partial charge in [-0.15, -0.1) is 11.3 Å². The largest absolute Gasteiger partial charge is 0.364 e. The zero-order chi connectivity index (χ0) is 19.1. The Morgan fingerprint density at radius 2 is 1.70 bits per heavy atom. The second-order valence-electron chi connectivity index (χ2n) is 6.51. The highest BCUT2D eigenvalue weighted by molar-refractivity contribution is 7.11. The molecule has 1 aromatic carbocycles. The van der Waals surface area contributed by atoms with Crippen LogP contribution < -0.4 is 4.90 Å². The summed E-state index contributed by atoms with van der Waals surface area (Å²) in [5.74, 6) is -0.710. The quantitative estimate of drug-likeness (QED) is 0.710. The van der Waals surface area contributed by atoms with Crippen LogP contribution in [0.25, 0.3) is 5.57 Å². The van der Waals surface area contributed by atoms with Gasteiger partial charge in [-0.1, -0.05) is 35.3 Å². The molecule has 0 atom stereocenters. The van der Waals surface area contributed by atoms with Crippen molar-refractivity contribution in [2.75, 3.05) is 38.1 Å². The average Bonchev–Trinajstić information content (AvgIpc) is 3.25. The summed E-state index contributed by atoms with van der Waals surface area (Å²) < 4.78 is 0. The molecule has 0 unspecified atom stereocenters. The Labute approximate surface area is 171 Å². The van der Waals surface area contributed by atoms with Crippen molar-refractivity contribution >= 4 is 57.6 Å². The smallest absolute Gasteiger partial charge is 0.282 e. The molecule has 0 N–H and O–H groups in total. The third-order valence-corrected chi connectivity index (χ3v) is 6.51. The first-order chi connectivity index (χ1) is 13.0. The summed E-state index contributed by atoms with van der Waals surface area (Å²) in [4.78, 5) is 32.8. The number of hydrogen-bond acceptors (Lipinski definition) is 5. The molecule has 4 rings (SSSR count). The second-order valence-corrected chi connectivity index (χ2v) is 8.24. The van der Waals surface area contributed by atoms with Crippen LogP contribution in [0.5, 0.6) is 0 Å². The lowest BCUT2D eigenvalue weighted by atomic mass is 10.1. The Hall–Kier alpha value is -1.86. The summed E-state index contributed by atoms with van der Waals surface area (Å²) >= 11 is 13.9. The molecule has 27 heavy (non-hydrogen) atoms. The number of carbonyl (C=O) groups is 2. The molecule has 3 heterocycles. The first-order valence-electron chi connectivity index (χ1n) is 8.53. The second kappa shape index (κ2) is 7.28. The normalized spacial score (nSPS) is 18.8. The molecule has 2 amide bonds. The van der Waals surface area contributed by atoms with Gasteiger partial charge in [0.15, 0.2) is 0 Å². The van der Waals surface area contributed by atoms with E-state index >= 15 is 0 Å². The Bertz CT molecular complexity index is 934. The van der Waals surface area contributed by atoms with Gasteiger partial charge in [0.05, 0.1) is 21.3 Å². The fraction of sp³-hybridized carbons (Fsp3) is 0.263. The first-order valence-corrected chi connectivity index (χ1v) is 10.2. The lowest BCUT2D eigenvalue weighted by molar-refractivity contribution is -0.120. The summed E-state index contributed by atoms with van der Waals surface area (Å²) in [7, 11) is 2.05. The molecule has 5 nitrogen and oxygen atoms in total. The lowest BCUT2D eigenvalue weighted by Gasteiger charge is -2.34. The van der Waals surface area contributed by atoms with E-state index in [1.165, 1.54) is 11.3 Å². The molecule has 1 fully saturated rings. The third kappa shape index (κ3) is 3.17. The van der Waals surface area contributed by atoms with Crippen LogP contribution in [0.15, 0.2) is 41.4 Å². The third-order valence-electron chi connectivity index (χ3n) is 4.82. The lowest BCUT2D eigenvalue weighted by Crippen LogP contribution is -2.46. The Kier molecular flexibility index (Phi) is 4.99. The zero-order valence-corrected chi connectivity index (χ0v) is 16.9. The number of thiophene rings is 1. The summed E-state index contributed by atoms with van der Waals surface area (Å²) in [5, 5.41) is 2.41. The minimum Gasteiger partial charge on any atom is -0.364 e. The first kappa shape index (κ1) is 18.5. The predicted molar refractivity (Wildman–Crippen MR) is 109 cm³/mol. The number of piperazine rings is 1. The van der Waals surface area contributed by atoms with Crippen molar-refractivity contribution in [1.82, 2.24) is 9.80 Å². The molecule has 140 valence electrons. The van der Waals surface area contributed by atoms with Crippen LogP contribution in [0.1, 0.15) is 4.88 Å². The van der Waals surface area contributed by atoms with Crippen molar-refractivity contribution in [3.05, 3.63) is 56.3 Å².